The molecule has 1 atom stereocenters. The summed E-state index contributed by atoms with van der Waals surface area (Å²) >= 11 is 3.77. The number of hydrogen-bond acceptors (Lipinski definition) is 2. The Morgan fingerprint density at radius 1 is 1.04 bits per heavy atom. The highest BCUT2D eigenvalue weighted by molar-refractivity contribution is 9.10. The Morgan fingerprint density at radius 2 is 1.71 bits per heavy atom. The van der Waals surface area contributed by atoms with Crippen molar-refractivity contribution in [3.8, 4) is 0 Å². The maximum absolute atomic E-state index is 14.1. The standard InChI is InChI=1S/C15H10BrF6NS/c16-11-4-1-8(7-23-11)14(24-6-5-15(20,21)22)12-9(17)2-3-10(18)13(12)19/h1-4,7,14H,5-6H2. The molecule has 0 aliphatic carbocycles. The van der Waals surface area contributed by atoms with Crippen LogP contribution >= 0.6 is 27.7 Å². The van der Waals surface area contributed by atoms with Gasteiger partial charge in [-0.1, -0.05) is 6.07 Å². The summed E-state index contributed by atoms with van der Waals surface area (Å²) in [7, 11) is 0. The Labute approximate surface area is 146 Å². The summed E-state index contributed by atoms with van der Waals surface area (Å²) in [6.45, 7) is 0. The van der Waals surface area contributed by atoms with Crippen molar-refractivity contribution < 1.29 is 26.3 Å². The number of hydrogen-bond donors (Lipinski definition) is 0. The fourth-order valence-corrected chi connectivity index (χ4v) is 3.50. The first-order valence-electron chi connectivity index (χ1n) is 6.62. The zero-order valence-corrected chi connectivity index (χ0v) is 14.3. The molecule has 1 heterocycles. The number of alkyl halides is 3. The van der Waals surface area contributed by atoms with Gasteiger partial charge < -0.3 is 0 Å². The van der Waals surface area contributed by atoms with Gasteiger partial charge in [0, 0.05) is 17.5 Å². The molecule has 0 N–H and O–H groups in total. The van der Waals surface area contributed by atoms with E-state index in [9.17, 15) is 26.3 Å². The lowest BCUT2D eigenvalue weighted by molar-refractivity contribution is -0.129. The van der Waals surface area contributed by atoms with Crippen molar-refractivity contribution in [3.05, 3.63) is 63.6 Å². The number of thioether (sulfide) groups is 1. The molecular weight excluding hydrogens is 420 g/mol. The van der Waals surface area contributed by atoms with Gasteiger partial charge >= 0.3 is 6.18 Å². The van der Waals surface area contributed by atoms with Crippen LogP contribution in [0.1, 0.15) is 22.8 Å². The van der Waals surface area contributed by atoms with E-state index in [0.29, 0.717) is 22.4 Å². The third kappa shape index (κ3) is 4.89. The monoisotopic (exact) mass is 429 g/mol. The first-order valence-corrected chi connectivity index (χ1v) is 8.46. The number of halogens is 7. The van der Waals surface area contributed by atoms with Crippen molar-refractivity contribution in [3.63, 3.8) is 0 Å². The number of aromatic nitrogens is 1. The topological polar surface area (TPSA) is 12.9 Å². The van der Waals surface area contributed by atoms with Crippen LogP contribution in [0.4, 0.5) is 26.3 Å². The van der Waals surface area contributed by atoms with Gasteiger partial charge in [-0.3, -0.25) is 0 Å². The van der Waals surface area contributed by atoms with Gasteiger partial charge in [0.2, 0.25) is 0 Å². The third-order valence-corrected chi connectivity index (χ3v) is 4.81. The van der Waals surface area contributed by atoms with E-state index in [0.717, 1.165) is 6.07 Å². The van der Waals surface area contributed by atoms with Crippen molar-refractivity contribution in [1.29, 1.82) is 0 Å². The maximum atomic E-state index is 14.1. The first kappa shape index (κ1) is 19.1. The average Bonchev–Trinajstić information content (AvgIpc) is 2.49. The highest BCUT2D eigenvalue weighted by atomic mass is 79.9. The molecule has 1 unspecified atom stereocenters. The lowest BCUT2D eigenvalue weighted by atomic mass is 10.0. The van der Waals surface area contributed by atoms with Gasteiger partial charge in [-0.15, -0.1) is 11.8 Å². The van der Waals surface area contributed by atoms with Crippen LogP contribution in [0, 0.1) is 17.5 Å². The van der Waals surface area contributed by atoms with Crippen LogP contribution in [0.2, 0.25) is 0 Å². The second-order valence-corrected chi connectivity index (χ2v) is 6.81. The van der Waals surface area contributed by atoms with E-state index in [1.807, 2.05) is 0 Å². The van der Waals surface area contributed by atoms with E-state index in [4.69, 9.17) is 0 Å². The smallest absolute Gasteiger partial charge is 0.249 e. The Morgan fingerprint density at radius 3 is 2.29 bits per heavy atom. The molecule has 130 valence electrons. The van der Waals surface area contributed by atoms with Crippen LogP contribution in [0.15, 0.2) is 35.1 Å². The Hall–Kier alpha value is -1.22. The molecular formula is C15H10BrF6NS. The molecule has 24 heavy (non-hydrogen) atoms. The quantitative estimate of drug-likeness (QED) is 0.326. The summed E-state index contributed by atoms with van der Waals surface area (Å²) < 4.78 is 79.0. The van der Waals surface area contributed by atoms with E-state index >= 15 is 0 Å². The molecule has 0 bridgehead atoms. The van der Waals surface area contributed by atoms with Crippen LogP contribution in [-0.2, 0) is 0 Å². The molecule has 0 saturated carbocycles. The second-order valence-electron chi connectivity index (χ2n) is 4.79. The largest absolute Gasteiger partial charge is 0.389 e. The number of nitrogens with zero attached hydrogens (tertiary/aromatic N) is 1. The lowest BCUT2D eigenvalue weighted by Crippen LogP contribution is -2.11. The van der Waals surface area contributed by atoms with Crippen LogP contribution in [0.5, 0.6) is 0 Å². The fraction of sp³-hybridized carbons (Fsp3) is 0.267. The van der Waals surface area contributed by atoms with Crippen molar-refractivity contribution >= 4 is 27.7 Å². The molecule has 0 aliphatic rings. The molecule has 0 radical (unpaired) electrons. The SMILES string of the molecule is Fc1ccc(F)c(C(SCCC(F)(F)F)c2ccc(Br)nc2)c1F. The van der Waals surface area contributed by atoms with Gasteiger partial charge in [0.1, 0.15) is 10.4 Å². The number of rotatable bonds is 5. The highest BCUT2D eigenvalue weighted by Gasteiger charge is 2.30. The molecule has 1 aromatic carbocycles. The molecule has 2 rings (SSSR count). The van der Waals surface area contributed by atoms with Gasteiger partial charge in [0.05, 0.1) is 11.7 Å². The molecule has 0 spiro atoms. The highest BCUT2D eigenvalue weighted by Crippen LogP contribution is 2.40. The Bertz CT molecular complexity index is 704. The molecule has 0 amide bonds. The molecule has 2 aromatic rings. The maximum Gasteiger partial charge on any atom is 0.389 e. The van der Waals surface area contributed by atoms with E-state index < -0.39 is 46.6 Å². The van der Waals surface area contributed by atoms with Crippen molar-refractivity contribution in [2.45, 2.75) is 17.8 Å². The predicted octanol–water partition coefficient (Wildman–Crippen LogP) is 6.04. The van der Waals surface area contributed by atoms with E-state index in [1.54, 1.807) is 0 Å². The van der Waals surface area contributed by atoms with Crippen molar-refractivity contribution in [2.24, 2.45) is 0 Å². The minimum atomic E-state index is -4.39. The average molecular weight is 430 g/mol. The van der Waals surface area contributed by atoms with E-state index in [1.165, 1.54) is 18.3 Å². The summed E-state index contributed by atoms with van der Waals surface area (Å²) in [5.74, 6) is -4.14. The zero-order valence-electron chi connectivity index (χ0n) is 11.9. The first-order chi connectivity index (χ1) is 11.2. The van der Waals surface area contributed by atoms with Crippen LogP contribution < -0.4 is 0 Å². The van der Waals surface area contributed by atoms with E-state index in [2.05, 4.69) is 20.9 Å². The van der Waals surface area contributed by atoms with Gasteiger partial charge in [0.25, 0.3) is 0 Å². The van der Waals surface area contributed by atoms with Crippen molar-refractivity contribution in [2.75, 3.05) is 5.75 Å². The van der Waals surface area contributed by atoms with Gasteiger partial charge in [-0.05, 0) is 39.7 Å². The van der Waals surface area contributed by atoms with E-state index in [-0.39, 0.29) is 5.56 Å². The zero-order chi connectivity index (χ0) is 17.9. The second kappa shape index (κ2) is 7.77. The van der Waals surface area contributed by atoms with Crippen LogP contribution in [-0.4, -0.2) is 16.9 Å². The van der Waals surface area contributed by atoms with Gasteiger partial charge in [0.15, 0.2) is 11.6 Å². The van der Waals surface area contributed by atoms with Gasteiger partial charge in [-0.25, -0.2) is 18.2 Å². The Balaban J connectivity index is 2.39. The summed E-state index contributed by atoms with van der Waals surface area (Å²) in [6, 6.07) is 4.33. The summed E-state index contributed by atoms with van der Waals surface area (Å²) in [4.78, 5) is 3.91. The predicted molar refractivity (Wildman–Crippen MR) is 83.2 cm³/mol. The number of benzene rings is 1. The lowest BCUT2D eigenvalue weighted by Gasteiger charge is -2.19. The molecule has 1 nitrogen and oxygen atoms in total. The normalized spacial score (nSPS) is 13.1. The molecule has 0 aliphatic heterocycles. The molecule has 0 saturated heterocycles. The third-order valence-electron chi connectivity index (χ3n) is 3.06. The van der Waals surface area contributed by atoms with Crippen molar-refractivity contribution in [1.82, 2.24) is 4.98 Å². The molecule has 1 aromatic heterocycles. The fourth-order valence-electron chi connectivity index (χ4n) is 1.96. The molecule has 0 fully saturated rings. The summed E-state index contributed by atoms with van der Waals surface area (Å²) in [5, 5.41) is -1.15. The van der Waals surface area contributed by atoms with Gasteiger partial charge in [-0.2, -0.15) is 13.2 Å². The van der Waals surface area contributed by atoms with Crippen LogP contribution in [0.25, 0.3) is 0 Å². The van der Waals surface area contributed by atoms with Crippen LogP contribution in [0.3, 0.4) is 0 Å². The molecule has 9 heteroatoms. The minimum absolute atomic E-state index is 0.272. The minimum Gasteiger partial charge on any atom is -0.249 e. The number of pyridine rings is 1. The summed E-state index contributed by atoms with van der Waals surface area (Å²) in [5.41, 5.74) is -0.347. The Kier molecular flexibility index (Phi) is 6.19. The summed E-state index contributed by atoms with van der Waals surface area (Å²) in [6.07, 6.45) is -4.25.